The second-order valence-corrected chi connectivity index (χ2v) is 5.61. The Morgan fingerprint density at radius 1 is 0.962 bits per heavy atom. The van der Waals surface area contributed by atoms with Crippen LogP contribution >= 0.6 is 0 Å². The number of amides is 1. The van der Waals surface area contributed by atoms with E-state index in [9.17, 15) is 18.0 Å². The first-order chi connectivity index (χ1) is 12.4. The van der Waals surface area contributed by atoms with E-state index in [1.165, 1.54) is 0 Å². The average molecular weight is 367 g/mol. The lowest BCUT2D eigenvalue weighted by atomic mass is 10.1. The molecule has 0 bridgehead atoms. The maximum Gasteiger partial charge on any atom is 0.411 e. The molecule has 0 atom stereocenters. The molecular weight excluding hydrogens is 347 g/mol. The second-order valence-electron chi connectivity index (χ2n) is 5.61. The van der Waals surface area contributed by atoms with Gasteiger partial charge in [0.2, 0.25) is 5.91 Å². The maximum absolute atomic E-state index is 12.0. The first-order valence-corrected chi connectivity index (χ1v) is 8.09. The number of nitrogens with one attached hydrogen (secondary N) is 1. The molecule has 2 rings (SSSR count). The second kappa shape index (κ2) is 9.82. The van der Waals surface area contributed by atoms with Gasteiger partial charge in [-0.3, -0.25) is 4.79 Å². The number of hydrogen-bond donors (Lipinski definition) is 1. The van der Waals surface area contributed by atoms with Crippen molar-refractivity contribution in [3.63, 3.8) is 0 Å². The van der Waals surface area contributed by atoms with Crippen molar-refractivity contribution in [3.8, 4) is 5.75 Å². The molecule has 0 unspecified atom stereocenters. The average Bonchev–Trinajstić information content (AvgIpc) is 2.61. The Kier molecular flexibility index (Phi) is 7.47. The van der Waals surface area contributed by atoms with Crippen LogP contribution in [0.15, 0.2) is 54.6 Å². The van der Waals surface area contributed by atoms with Gasteiger partial charge in [0.1, 0.15) is 12.4 Å². The van der Waals surface area contributed by atoms with Gasteiger partial charge in [-0.1, -0.05) is 42.5 Å². The number of carbonyl (C=O) groups is 1. The number of rotatable bonds is 9. The Hall–Kier alpha value is -2.54. The van der Waals surface area contributed by atoms with E-state index in [-0.39, 0.29) is 25.5 Å². The Labute approximate surface area is 149 Å². The molecule has 1 N–H and O–H groups in total. The summed E-state index contributed by atoms with van der Waals surface area (Å²) in [7, 11) is 0. The van der Waals surface area contributed by atoms with Crippen molar-refractivity contribution >= 4 is 5.91 Å². The number of hydrogen-bond acceptors (Lipinski definition) is 3. The highest BCUT2D eigenvalue weighted by molar-refractivity contribution is 5.75. The van der Waals surface area contributed by atoms with Crippen molar-refractivity contribution in [2.24, 2.45) is 0 Å². The minimum absolute atomic E-state index is 0.108. The first kappa shape index (κ1) is 19.8. The summed E-state index contributed by atoms with van der Waals surface area (Å²) in [5.74, 6) is 0.571. The zero-order valence-electron chi connectivity index (χ0n) is 14.1. The van der Waals surface area contributed by atoms with Gasteiger partial charge in [0.15, 0.2) is 0 Å². The summed E-state index contributed by atoms with van der Waals surface area (Å²) in [5, 5.41) is 2.77. The molecule has 0 fully saturated rings. The van der Waals surface area contributed by atoms with Crippen molar-refractivity contribution < 1.29 is 27.4 Å². The molecule has 140 valence electrons. The first-order valence-electron chi connectivity index (χ1n) is 8.09. The van der Waals surface area contributed by atoms with Crippen LogP contribution in [0.25, 0.3) is 0 Å². The van der Waals surface area contributed by atoms with Crippen LogP contribution in [0.5, 0.6) is 5.75 Å². The van der Waals surface area contributed by atoms with E-state index in [1.807, 2.05) is 30.3 Å². The number of benzene rings is 2. The standard InChI is InChI=1S/C19H20F3NO3/c20-19(21,22)14-25-13-16-8-6-15(7-9-16)12-23-18(24)10-11-26-17-4-2-1-3-5-17/h1-9H,10-14H2,(H,23,24). The van der Waals surface area contributed by atoms with E-state index in [0.717, 1.165) is 5.56 Å². The summed E-state index contributed by atoms with van der Waals surface area (Å²) in [4.78, 5) is 11.8. The zero-order chi connectivity index (χ0) is 18.8. The van der Waals surface area contributed by atoms with E-state index in [0.29, 0.717) is 17.9 Å². The predicted molar refractivity (Wildman–Crippen MR) is 90.6 cm³/mol. The zero-order valence-corrected chi connectivity index (χ0v) is 14.1. The normalized spacial score (nSPS) is 11.2. The molecule has 7 heteroatoms. The molecule has 0 aromatic heterocycles. The molecule has 26 heavy (non-hydrogen) atoms. The lowest BCUT2D eigenvalue weighted by Gasteiger charge is -2.09. The van der Waals surface area contributed by atoms with Gasteiger partial charge in [-0.2, -0.15) is 13.2 Å². The van der Waals surface area contributed by atoms with E-state index < -0.39 is 12.8 Å². The number of ether oxygens (including phenoxy) is 2. The topological polar surface area (TPSA) is 47.6 Å². The number of halogens is 3. The fourth-order valence-electron chi connectivity index (χ4n) is 2.11. The molecule has 2 aromatic rings. The van der Waals surface area contributed by atoms with Gasteiger partial charge in [0, 0.05) is 6.54 Å². The highest BCUT2D eigenvalue weighted by Crippen LogP contribution is 2.16. The SMILES string of the molecule is O=C(CCOc1ccccc1)NCc1ccc(COCC(F)(F)F)cc1. The third-order valence-electron chi connectivity index (χ3n) is 3.39. The van der Waals surface area contributed by atoms with Crippen LogP contribution in [0.4, 0.5) is 13.2 Å². The molecule has 4 nitrogen and oxygen atoms in total. The van der Waals surface area contributed by atoms with Crippen molar-refractivity contribution in [2.45, 2.75) is 25.7 Å². The molecule has 0 aliphatic rings. The van der Waals surface area contributed by atoms with Crippen LogP contribution in [-0.4, -0.2) is 25.3 Å². The van der Waals surface area contributed by atoms with Crippen molar-refractivity contribution in [1.82, 2.24) is 5.32 Å². The van der Waals surface area contributed by atoms with Crippen LogP contribution in [0.2, 0.25) is 0 Å². The quantitative estimate of drug-likeness (QED) is 0.732. The minimum Gasteiger partial charge on any atom is -0.493 e. The Morgan fingerprint density at radius 3 is 2.27 bits per heavy atom. The summed E-state index contributed by atoms with van der Waals surface area (Å²) in [6, 6.07) is 16.1. The number of carbonyl (C=O) groups excluding carboxylic acids is 1. The van der Waals surface area contributed by atoms with Crippen LogP contribution in [0, 0.1) is 0 Å². The summed E-state index contributed by atoms with van der Waals surface area (Å²) < 4.78 is 46.1. The fraction of sp³-hybridized carbons (Fsp3) is 0.316. The largest absolute Gasteiger partial charge is 0.493 e. The minimum atomic E-state index is -4.32. The number of para-hydroxylation sites is 1. The van der Waals surface area contributed by atoms with E-state index in [1.54, 1.807) is 24.3 Å². The van der Waals surface area contributed by atoms with Gasteiger partial charge >= 0.3 is 6.18 Å². The molecule has 0 radical (unpaired) electrons. The van der Waals surface area contributed by atoms with Gasteiger partial charge in [-0.25, -0.2) is 0 Å². The lowest BCUT2D eigenvalue weighted by Crippen LogP contribution is -2.24. The Morgan fingerprint density at radius 2 is 1.62 bits per heavy atom. The van der Waals surface area contributed by atoms with Gasteiger partial charge < -0.3 is 14.8 Å². The molecule has 1 amide bonds. The van der Waals surface area contributed by atoms with Gasteiger partial charge in [0.05, 0.1) is 19.6 Å². The van der Waals surface area contributed by atoms with Gasteiger partial charge in [-0.15, -0.1) is 0 Å². The third kappa shape index (κ3) is 8.02. The highest BCUT2D eigenvalue weighted by atomic mass is 19.4. The van der Waals surface area contributed by atoms with Crippen molar-refractivity contribution in [1.29, 1.82) is 0 Å². The summed E-state index contributed by atoms with van der Waals surface area (Å²) in [6.45, 7) is -0.752. The number of alkyl halides is 3. The molecule has 0 aliphatic heterocycles. The van der Waals surface area contributed by atoms with Gasteiger partial charge in [0.25, 0.3) is 0 Å². The van der Waals surface area contributed by atoms with Gasteiger partial charge in [-0.05, 0) is 23.3 Å². The van der Waals surface area contributed by atoms with Crippen LogP contribution in [-0.2, 0) is 22.7 Å². The molecule has 0 aliphatic carbocycles. The Bertz CT molecular complexity index is 673. The molecule has 0 heterocycles. The smallest absolute Gasteiger partial charge is 0.411 e. The van der Waals surface area contributed by atoms with E-state index in [4.69, 9.17) is 4.74 Å². The third-order valence-corrected chi connectivity index (χ3v) is 3.39. The lowest BCUT2D eigenvalue weighted by molar-refractivity contribution is -0.176. The van der Waals surface area contributed by atoms with Crippen LogP contribution in [0.3, 0.4) is 0 Å². The Balaban J connectivity index is 1.64. The highest BCUT2D eigenvalue weighted by Gasteiger charge is 2.27. The van der Waals surface area contributed by atoms with Crippen LogP contribution < -0.4 is 10.1 Å². The fourth-order valence-corrected chi connectivity index (χ4v) is 2.11. The monoisotopic (exact) mass is 367 g/mol. The van der Waals surface area contributed by atoms with Crippen LogP contribution in [0.1, 0.15) is 17.5 Å². The molecule has 2 aromatic carbocycles. The summed E-state index contributed by atoms with van der Waals surface area (Å²) >= 11 is 0. The molecule has 0 spiro atoms. The molecule has 0 saturated heterocycles. The summed E-state index contributed by atoms with van der Waals surface area (Å²) in [5.41, 5.74) is 1.49. The summed E-state index contributed by atoms with van der Waals surface area (Å²) in [6.07, 6.45) is -4.09. The maximum atomic E-state index is 12.0. The van der Waals surface area contributed by atoms with Crippen molar-refractivity contribution in [3.05, 3.63) is 65.7 Å². The predicted octanol–water partition coefficient (Wildman–Crippen LogP) is 3.85. The van der Waals surface area contributed by atoms with Crippen molar-refractivity contribution in [2.75, 3.05) is 13.2 Å². The van der Waals surface area contributed by atoms with E-state index in [2.05, 4.69) is 10.1 Å². The molecule has 0 saturated carbocycles. The van der Waals surface area contributed by atoms with E-state index >= 15 is 0 Å². The molecular formula is C19H20F3NO3.